The quantitative estimate of drug-likeness (QED) is 0.358. The highest BCUT2D eigenvalue weighted by Crippen LogP contribution is 2.22. The van der Waals surface area contributed by atoms with Crippen LogP contribution in [0.1, 0.15) is 21.5 Å². The molecule has 7 nitrogen and oxygen atoms in total. The van der Waals surface area contributed by atoms with E-state index >= 15 is 0 Å². The molecule has 0 aliphatic rings. The zero-order valence-corrected chi connectivity index (χ0v) is 19.0. The number of aryl methyl sites for hydroxylation is 1. The minimum Gasteiger partial charge on any atom is -0.478 e. The summed E-state index contributed by atoms with van der Waals surface area (Å²) in [5.41, 5.74) is 3.87. The van der Waals surface area contributed by atoms with Crippen molar-refractivity contribution in [3.8, 4) is 0 Å². The van der Waals surface area contributed by atoms with E-state index in [1.54, 1.807) is 43.4 Å². The summed E-state index contributed by atoms with van der Waals surface area (Å²) in [6.07, 6.45) is 0.562. The highest BCUT2D eigenvalue weighted by atomic mass is 35.5. The molecule has 1 aromatic heterocycles. The number of carboxylic acid groups (broad SMARTS) is 1. The summed E-state index contributed by atoms with van der Waals surface area (Å²) in [7, 11) is 1.68. The van der Waals surface area contributed by atoms with E-state index in [0.717, 1.165) is 16.8 Å². The topological polar surface area (TPSA) is 96.2 Å². The summed E-state index contributed by atoms with van der Waals surface area (Å²) in [4.78, 5) is 29.3. The molecule has 0 spiro atoms. The number of halogens is 1. The summed E-state index contributed by atoms with van der Waals surface area (Å²) in [6, 6.07) is 17.8. The van der Waals surface area contributed by atoms with Crippen molar-refractivity contribution in [1.29, 1.82) is 0 Å². The number of rotatable bonds is 7. The molecule has 0 bridgehead atoms. The van der Waals surface area contributed by atoms with Crippen LogP contribution in [0.15, 0.2) is 65.5 Å². The molecule has 0 saturated carbocycles. The number of aromatic carboxylic acids is 1. The third-order valence-electron chi connectivity index (χ3n) is 5.37. The molecule has 168 valence electrons. The highest BCUT2D eigenvalue weighted by molar-refractivity contribution is 6.30. The lowest BCUT2D eigenvalue weighted by molar-refractivity contribution is 0.0698. The van der Waals surface area contributed by atoms with Gasteiger partial charge in [0.2, 0.25) is 5.95 Å². The molecule has 1 heterocycles. The van der Waals surface area contributed by atoms with Gasteiger partial charge in [0.25, 0.3) is 5.56 Å². The first-order valence-electron chi connectivity index (χ1n) is 10.4. The molecule has 0 unspecified atom stereocenters. The summed E-state index contributed by atoms with van der Waals surface area (Å²) < 4.78 is 1.49. The number of nitrogens with zero attached hydrogens (tertiary/aromatic N) is 2. The van der Waals surface area contributed by atoms with Crippen molar-refractivity contribution in [2.75, 3.05) is 17.2 Å². The maximum Gasteiger partial charge on any atom is 0.337 e. The number of benzene rings is 3. The van der Waals surface area contributed by atoms with E-state index < -0.39 is 5.97 Å². The van der Waals surface area contributed by atoms with Crippen molar-refractivity contribution in [3.63, 3.8) is 0 Å². The maximum absolute atomic E-state index is 13.1. The molecule has 0 radical (unpaired) electrons. The third kappa shape index (κ3) is 4.83. The van der Waals surface area contributed by atoms with Gasteiger partial charge in [-0.3, -0.25) is 9.36 Å². The molecule has 0 saturated heterocycles. The Balaban J connectivity index is 1.66. The Bertz CT molecular complexity index is 1400. The lowest BCUT2D eigenvalue weighted by Gasteiger charge is -2.15. The monoisotopic (exact) mass is 462 g/mol. The predicted octanol–water partition coefficient (Wildman–Crippen LogP) is 4.99. The van der Waals surface area contributed by atoms with Gasteiger partial charge in [-0.15, -0.1) is 0 Å². The van der Waals surface area contributed by atoms with Crippen LogP contribution in [0.5, 0.6) is 0 Å². The van der Waals surface area contributed by atoms with Crippen molar-refractivity contribution in [2.24, 2.45) is 7.05 Å². The number of nitrogens with one attached hydrogen (secondary N) is 2. The van der Waals surface area contributed by atoms with E-state index in [-0.39, 0.29) is 11.1 Å². The van der Waals surface area contributed by atoms with Crippen LogP contribution in [0.3, 0.4) is 0 Å². The van der Waals surface area contributed by atoms with Gasteiger partial charge in [-0.1, -0.05) is 29.8 Å². The van der Waals surface area contributed by atoms with Gasteiger partial charge < -0.3 is 15.7 Å². The van der Waals surface area contributed by atoms with E-state index in [1.807, 2.05) is 31.2 Å². The minimum atomic E-state index is -0.984. The van der Waals surface area contributed by atoms with Crippen molar-refractivity contribution in [3.05, 3.63) is 92.7 Å². The number of hydrogen-bond donors (Lipinski definition) is 3. The second kappa shape index (κ2) is 9.34. The fourth-order valence-corrected chi connectivity index (χ4v) is 3.85. The normalized spacial score (nSPS) is 10.9. The Morgan fingerprint density at radius 2 is 1.85 bits per heavy atom. The summed E-state index contributed by atoms with van der Waals surface area (Å²) >= 11 is 5.97. The summed E-state index contributed by atoms with van der Waals surface area (Å²) in [5, 5.41) is 16.9. The molecule has 3 aromatic carbocycles. The van der Waals surface area contributed by atoms with Crippen LogP contribution in [0, 0.1) is 6.92 Å². The lowest BCUT2D eigenvalue weighted by Crippen LogP contribution is -2.22. The zero-order valence-electron chi connectivity index (χ0n) is 18.2. The highest BCUT2D eigenvalue weighted by Gasteiger charge is 2.14. The molecule has 0 aliphatic heterocycles. The Labute approximate surface area is 195 Å². The number of fused-ring (bicyclic) bond motifs is 1. The first-order valence-corrected chi connectivity index (χ1v) is 10.8. The van der Waals surface area contributed by atoms with Gasteiger partial charge in [0.1, 0.15) is 0 Å². The first-order chi connectivity index (χ1) is 15.8. The molecule has 0 amide bonds. The van der Waals surface area contributed by atoms with Gasteiger partial charge in [0, 0.05) is 30.0 Å². The Morgan fingerprint density at radius 3 is 2.58 bits per heavy atom. The second-order valence-electron chi connectivity index (χ2n) is 7.78. The number of carboxylic acids is 1. The van der Waals surface area contributed by atoms with Gasteiger partial charge in [-0.25, -0.2) is 9.78 Å². The predicted molar refractivity (Wildman–Crippen MR) is 132 cm³/mol. The smallest absolute Gasteiger partial charge is 0.337 e. The average molecular weight is 463 g/mol. The molecule has 0 fully saturated rings. The molecule has 3 N–H and O–H groups in total. The van der Waals surface area contributed by atoms with Crippen molar-refractivity contribution in [2.45, 2.75) is 13.3 Å². The average Bonchev–Trinajstić information content (AvgIpc) is 2.79. The van der Waals surface area contributed by atoms with Gasteiger partial charge in [-0.05, 0) is 66.9 Å². The Hall–Kier alpha value is -3.84. The Kier molecular flexibility index (Phi) is 6.33. The molecule has 4 aromatic rings. The van der Waals surface area contributed by atoms with E-state index in [1.165, 1.54) is 4.57 Å². The second-order valence-corrected chi connectivity index (χ2v) is 8.22. The van der Waals surface area contributed by atoms with Gasteiger partial charge in [0.15, 0.2) is 0 Å². The number of carbonyl (C=O) groups is 1. The largest absolute Gasteiger partial charge is 0.478 e. The van der Waals surface area contributed by atoms with Crippen LogP contribution in [-0.4, -0.2) is 27.2 Å². The Morgan fingerprint density at radius 1 is 1.12 bits per heavy atom. The summed E-state index contributed by atoms with van der Waals surface area (Å²) in [5.74, 6) is -0.564. The van der Waals surface area contributed by atoms with Gasteiger partial charge in [0.05, 0.1) is 16.5 Å². The first kappa shape index (κ1) is 22.4. The van der Waals surface area contributed by atoms with E-state index in [2.05, 4.69) is 10.6 Å². The fourth-order valence-electron chi connectivity index (χ4n) is 3.73. The standard InChI is InChI=1S/C25H23ClN4O3/c1-15-13-16(11-12-27-21-6-4-3-5-19(21)24(32)33)22-20(14-15)23(31)30(2)25(29-22)28-18-9-7-17(26)8-10-18/h3-10,13-14,27H,11-12H2,1-2H3,(H,28,29)(H,32,33). The molecular formula is C25H23ClN4O3. The zero-order chi connectivity index (χ0) is 23.5. The molecule has 0 aliphatic carbocycles. The minimum absolute atomic E-state index is 0.148. The maximum atomic E-state index is 13.1. The van der Waals surface area contributed by atoms with Crippen LogP contribution >= 0.6 is 11.6 Å². The number of para-hydroxylation sites is 1. The molecule has 33 heavy (non-hydrogen) atoms. The van der Waals surface area contributed by atoms with Crippen molar-refractivity contribution >= 4 is 45.8 Å². The van der Waals surface area contributed by atoms with Crippen LogP contribution < -0.4 is 16.2 Å². The lowest BCUT2D eigenvalue weighted by atomic mass is 10.0. The van der Waals surface area contributed by atoms with Gasteiger partial charge in [-0.2, -0.15) is 0 Å². The number of hydrogen-bond acceptors (Lipinski definition) is 5. The van der Waals surface area contributed by atoms with Gasteiger partial charge >= 0.3 is 5.97 Å². The van der Waals surface area contributed by atoms with E-state index in [4.69, 9.17) is 16.6 Å². The summed E-state index contributed by atoms with van der Waals surface area (Å²) in [6.45, 7) is 2.43. The molecule has 0 atom stereocenters. The van der Waals surface area contributed by atoms with Crippen LogP contribution in [0.25, 0.3) is 10.9 Å². The van der Waals surface area contributed by atoms with Crippen LogP contribution in [-0.2, 0) is 13.5 Å². The van der Waals surface area contributed by atoms with Crippen molar-refractivity contribution in [1.82, 2.24) is 9.55 Å². The fraction of sp³-hybridized carbons (Fsp3) is 0.160. The van der Waals surface area contributed by atoms with E-state index in [9.17, 15) is 14.7 Å². The van der Waals surface area contributed by atoms with E-state index in [0.29, 0.717) is 40.5 Å². The molecule has 8 heteroatoms. The van der Waals surface area contributed by atoms with Crippen LogP contribution in [0.4, 0.5) is 17.3 Å². The third-order valence-corrected chi connectivity index (χ3v) is 5.62. The number of aromatic nitrogens is 2. The molecular weight excluding hydrogens is 440 g/mol. The molecule has 4 rings (SSSR count). The van der Waals surface area contributed by atoms with Crippen molar-refractivity contribution < 1.29 is 9.90 Å². The SMILES string of the molecule is Cc1cc(CCNc2ccccc2C(=O)O)c2nc(Nc3ccc(Cl)cc3)n(C)c(=O)c2c1. The van der Waals surface area contributed by atoms with Crippen LogP contribution in [0.2, 0.25) is 5.02 Å². The number of anilines is 3.